The van der Waals surface area contributed by atoms with Crippen molar-refractivity contribution in [2.45, 2.75) is 17.0 Å². The summed E-state index contributed by atoms with van der Waals surface area (Å²) in [7, 11) is -4.11. The molecule has 0 aliphatic heterocycles. The van der Waals surface area contributed by atoms with E-state index in [4.69, 9.17) is 0 Å². The molecule has 146 valence electrons. The molecule has 0 aliphatic rings. The first kappa shape index (κ1) is 19.8. The van der Waals surface area contributed by atoms with Gasteiger partial charge in [-0.3, -0.25) is 15.1 Å². The van der Waals surface area contributed by atoms with Crippen molar-refractivity contribution in [3.63, 3.8) is 0 Å². The molecule has 0 bridgehead atoms. The monoisotopic (exact) mass is 403 g/mol. The molecule has 3 rings (SSSR count). The van der Waals surface area contributed by atoms with Crippen molar-refractivity contribution in [1.82, 2.24) is 9.71 Å². The highest BCUT2D eigenvalue weighted by Crippen LogP contribution is 2.24. The number of non-ortho nitro benzene ring substituents is 1. The van der Waals surface area contributed by atoms with Gasteiger partial charge in [-0.25, -0.2) is 13.1 Å². The van der Waals surface area contributed by atoms with E-state index in [1.165, 1.54) is 36.5 Å². The average Bonchev–Trinajstić information content (AvgIpc) is 2.71. The van der Waals surface area contributed by atoms with E-state index >= 15 is 0 Å². The third kappa shape index (κ3) is 3.99. The first-order chi connectivity index (χ1) is 13.3. The van der Waals surface area contributed by atoms with Gasteiger partial charge in [0.15, 0.2) is 0 Å². The molecular formula is C18H17N3O6S. The number of aromatic nitrogens is 1. The van der Waals surface area contributed by atoms with Crippen molar-refractivity contribution < 1.29 is 23.6 Å². The minimum absolute atomic E-state index is 0.0834. The van der Waals surface area contributed by atoms with Crippen LogP contribution in [0.1, 0.15) is 11.7 Å². The van der Waals surface area contributed by atoms with Crippen LogP contribution in [0, 0.1) is 10.1 Å². The lowest BCUT2D eigenvalue weighted by Crippen LogP contribution is -2.42. The molecule has 0 amide bonds. The van der Waals surface area contributed by atoms with Crippen LogP contribution in [0.3, 0.4) is 0 Å². The Balaban J connectivity index is 1.89. The molecule has 1 aromatic heterocycles. The predicted octanol–water partition coefficient (Wildman–Crippen LogP) is 1.52. The lowest BCUT2D eigenvalue weighted by Gasteiger charge is -2.22. The number of rotatable bonds is 7. The van der Waals surface area contributed by atoms with Crippen LogP contribution in [0.25, 0.3) is 10.9 Å². The van der Waals surface area contributed by atoms with Crippen molar-refractivity contribution in [2.24, 2.45) is 0 Å². The van der Waals surface area contributed by atoms with Crippen LogP contribution >= 0.6 is 0 Å². The lowest BCUT2D eigenvalue weighted by molar-refractivity contribution is -0.384. The molecule has 0 radical (unpaired) electrons. The molecule has 9 nitrogen and oxygen atoms in total. The van der Waals surface area contributed by atoms with Gasteiger partial charge < -0.3 is 10.2 Å². The number of benzene rings is 2. The van der Waals surface area contributed by atoms with Crippen molar-refractivity contribution in [3.8, 4) is 0 Å². The van der Waals surface area contributed by atoms with Gasteiger partial charge in [-0.05, 0) is 29.8 Å². The second-order valence-electron chi connectivity index (χ2n) is 6.04. The highest BCUT2D eigenvalue weighted by atomic mass is 32.2. The SMILES string of the molecule is O=[N+]([O-])c1ccc(C(O)C(CO)NS(=O)(=O)c2cccc3cccnc23)cc1. The number of fused-ring (bicyclic) bond motifs is 1. The highest BCUT2D eigenvalue weighted by Gasteiger charge is 2.28. The Bertz CT molecular complexity index is 1100. The molecule has 0 spiro atoms. The van der Waals surface area contributed by atoms with Crippen LogP contribution in [-0.2, 0) is 10.0 Å². The van der Waals surface area contributed by atoms with Crippen molar-refractivity contribution in [3.05, 3.63) is 76.5 Å². The number of para-hydroxylation sites is 1. The summed E-state index contributed by atoms with van der Waals surface area (Å²) in [4.78, 5) is 14.2. The van der Waals surface area contributed by atoms with Gasteiger partial charge in [-0.2, -0.15) is 0 Å². The number of aliphatic hydroxyl groups is 2. The molecule has 1 heterocycles. The van der Waals surface area contributed by atoms with Crippen molar-refractivity contribution in [2.75, 3.05) is 6.61 Å². The summed E-state index contributed by atoms with van der Waals surface area (Å²) in [5.74, 6) is 0. The minimum Gasteiger partial charge on any atom is -0.395 e. The summed E-state index contributed by atoms with van der Waals surface area (Å²) in [5, 5.41) is 31.4. The maximum absolute atomic E-state index is 12.8. The zero-order chi connectivity index (χ0) is 20.3. The fourth-order valence-corrected chi connectivity index (χ4v) is 4.19. The molecule has 2 unspecified atom stereocenters. The van der Waals surface area contributed by atoms with E-state index in [9.17, 15) is 28.7 Å². The fourth-order valence-electron chi connectivity index (χ4n) is 2.78. The minimum atomic E-state index is -4.11. The first-order valence-electron chi connectivity index (χ1n) is 8.23. The molecule has 0 fully saturated rings. The third-order valence-corrected chi connectivity index (χ3v) is 5.74. The molecule has 28 heavy (non-hydrogen) atoms. The van der Waals surface area contributed by atoms with E-state index < -0.39 is 33.7 Å². The number of sulfonamides is 1. The smallest absolute Gasteiger partial charge is 0.269 e. The quantitative estimate of drug-likeness (QED) is 0.401. The largest absolute Gasteiger partial charge is 0.395 e. The van der Waals surface area contributed by atoms with Crippen LogP contribution in [0.4, 0.5) is 5.69 Å². The maximum atomic E-state index is 12.8. The van der Waals surface area contributed by atoms with Gasteiger partial charge in [0.25, 0.3) is 5.69 Å². The number of nitro groups is 1. The zero-order valence-corrected chi connectivity index (χ0v) is 15.3. The van der Waals surface area contributed by atoms with Crippen LogP contribution < -0.4 is 4.72 Å². The number of hydrogen-bond donors (Lipinski definition) is 3. The van der Waals surface area contributed by atoms with Gasteiger partial charge in [0.1, 0.15) is 4.90 Å². The van der Waals surface area contributed by atoms with Crippen molar-refractivity contribution >= 4 is 26.6 Å². The van der Waals surface area contributed by atoms with E-state index in [1.807, 2.05) is 0 Å². The van der Waals surface area contributed by atoms with Crippen LogP contribution in [-0.4, -0.2) is 41.2 Å². The predicted molar refractivity (Wildman–Crippen MR) is 101 cm³/mol. The summed E-state index contributed by atoms with van der Waals surface area (Å²) in [6.45, 7) is -0.685. The van der Waals surface area contributed by atoms with E-state index in [1.54, 1.807) is 24.3 Å². The first-order valence-corrected chi connectivity index (χ1v) is 9.71. The molecule has 0 aliphatic carbocycles. The Morgan fingerprint density at radius 1 is 1.11 bits per heavy atom. The van der Waals surface area contributed by atoms with E-state index in [0.717, 1.165) is 0 Å². The van der Waals surface area contributed by atoms with Gasteiger partial charge in [-0.1, -0.05) is 18.2 Å². The molecule has 0 saturated heterocycles. The summed E-state index contributed by atoms with van der Waals surface area (Å²) in [6.07, 6.45) is 0.0554. The summed E-state index contributed by atoms with van der Waals surface area (Å²) < 4.78 is 27.9. The average molecular weight is 403 g/mol. The molecule has 2 aromatic carbocycles. The lowest BCUT2D eigenvalue weighted by atomic mass is 10.0. The van der Waals surface area contributed by atoms with Crippen LogP contribution in [0.5, 0.6) is 0 Å². The Hall–Kier alpha value is -2.92. The molecular weight excluding hydrogens is 386 g/mol. The summed E-state index contributed by atoms with van der Waals surface area (Å²) in [5.41, 5.74) is 0.321. The van der Waals surface area contributed by atoms with Gasteiger partial charge in [0.2, 0.25) is 10.0 Å². The number of nitrogens with zero attached hydrogens (tertiary/aromatic N) is 2. The second kappa shape index (κ2) is 7.98. The Kier molecular flexibility index (Phi) is 5.66. The van der Waals surface area contributed by atoms with Gasteiger partial charge in [0.05, 0.1) is 29.2 Å². The molecule has 2 atom stereocenters. The van der Waals surface area contributed by atoms with E-state index in [-0.39, 0.29) is 21.7 Å². The Morgan fingerprint density at radius 3 is 2.43 bits per heavy atom. The Morgan fingerprint density at radius 2 is 1.79 bits per heavy atom. The molecule has 3 N–H and O–H groups in total. The standard InChI is InChI=1S/C18H17N3O6S/c22-11-15(18(23)13-6-8-14(9-7-13)21(24)25)20-28(26,27)16-5-1-3-12-4-2-10-19-17(12)16/h1-10,15,18,20,22-23H,11H2. The van der Waals surface area contributed by atoms with E-state index in [2.05, 4.69) is 9.71 Å². The maximum Gasteiger partial charge on any atom is 0.269 e. The van der Waals surface area contributed by atoms with E-state index in [0.29, 0.717) is 5.39 Å². The van der Waals surface area contributed by atoms with Crippen LogP contribution in [0.15, 0.2) is 65.7 Å². The van der Waals surface area contributed by atoms with Gasteiger partial charge in [-0.15, -0.1) is 0 Å². The van der Waals surface area contributed by atoms with Crippen LogP contribution in [0.2, 0.25) is 0 Å². The number of nitrogens with one attached hydrogen (secondary N) is 1. The van der Waals surface area contributed by atoms with Gasteiger partial charge in [0, 0.05) is 23.7 Å². The zero-order valence-electron chi connectivity index (χ0n) is 14.5. The summed E-state index contributed by atoms with van der Waals surface area (Å²) >= 11 is 0. The number of nitro benzene ring substituents is 1. The number of hydrogen-bond acceptors (Lipinski definition) is 7. The van der Waals surface area contributed by atoms with Gasteiger partial charge >= 0.3 is 0 Å². The molecule has 3 aromatic rings. The number of pyridine rings is 1. The highest BCUT2D eigenvalue weighted by molar-refractivity contribution is 7.89. The topological polar surface area (TPSA) is 143 Å². The Labute approximate surface area is 160 Å². The molecule has 10 heteroatoms. The summed E-state index contributed by atoms with van der Waals surface area (Å²) in [6, 6.07) is 11.8. The second-order valence-corrected chi connectivity index (χ2v) is 7.72. The fraction of sp³-hybridized carbons (Fsp3) is 0.167. The van der Waals surface area contributed by atoms with Crippen molar-refractivity contribution in [1.29, 1.82) is 0 Å². The number of aliphatic hydroxyl groups excluding tert-OH is 2. The normalized spacial score (nSPS) is 13.9. The third-order valence-electron chi connectivity index (χ3n) is 4.21. The molecule has 0 saturated carbocycles.